The van der Waals surface area contributed by atoms with E-state index in [0.29, 0.717) is 6.04 Å². The maximum atomic E-state index is 4.39. The molecule has 4 nitrogen and oxygen atoms in total. The zero-order chi connectivity index (χ0) is 14.9. The van der Waals surface area contributed by atoms with Gasteiger partial charge in [0.15, 0.2) is 0 Å². The quantitative estimate of drug-likeness (QED) is 0.771. The third-order valence-electron chi connectivity index (χ3n) is 3.78. The first-order valence-electron chi connectivity index (χ1n) is 7.97. The van der Waals surface area contributed by atoms with Crippen molar-refractivity contribution in [1.29, 1.82) is 0 Å². The highest BCUT2D eigenvalue weighted by molar-refractivity contribution is 5.14. The molecule has 2 aromatic rings. The Balaban J connectivity index is 1.84. The molecule has 114 valence electrons. The summed E-state index contributed by atoms with van der Waals surface area (Å²) < 4.78 is 1.99. The second kappa shape index (κ2) is 8.57. The monoisotopic (exact) mass is 286 g/mol. The van der Waals surface area contributed by atoms with Gasteiger partial charge in [-0.05, 0) is 38.3 Å². The first kappa shape index (κ1) is 15.7. The fraction of sp³-hybridized carbons (Fsp3) is 0.529. The number of nitrogens with one attached hydrogen (secondary N) is 1. The lowest BCUT2D eigenvalue weighted by Gasteiger charge is -2.17. The van der Waals surface area contributed by atoms with Gasteiger partial charge in [0, 0.05) is 19.0 Å². The summed E-state index contributed by atoms with van der Waals surface area (Å²) in [7, 11) is 0. The second-order valence-electron chi connectivity index (χ2n) is 5.33. The average Bonchev–Trinajstić information content (AvgIpc) is 2.96. The number of aromatic nitrogens is 3. The summed E-state index contributed by atoms with van der Waals surface area (Å²) in [5.74, 6) is 1.09. The van der Waals surface area contributed by atoms with Crippen molar-refractivity contribution in [3.05, 3.63) is 48.0 Å². The van der Waals surface area contributed by atoms with E-state index in [0.717, 1.165) is 31.8 Å². The number of rotatable bonds is 9. The molecule has 0 bridgehead atoms. The molecule has 1 N–H and O–H groups in total. The summed E-state index contributed by atoms with van der Waals surface area (Å²) in [6.45, 7) is 6.15. The lowest BCUT2D eigenvalue weighted by molar-refractivity contribution is 0.455. The predicted octanol–water partition coefficient (Wildman–Crippen LogP) is 2.84. The lowest BCUT2D eigenvalue weighted by atomic mass is 10.0. The Labute approximate surface area is 127 Å². The van der Waals surface area contributed by atoms with Crippen LogP contribution in [0.3, 0.4) is 0 Å². The second-order valence-corrected chi connectivity index (χ2v) is 5.33. The topological polar surface area (TPSA) is 42.7 Å². The van der Waals surface area contributed by atoms with E-state index in [9.17, 15) is 0 Å². The van der Waals surface area contributed by atoms with Crippen LogP contribution in [0.1, 0.15) is 38.1 Å². The molecule has 1 aromatic carbocycles. The largest absolute Gasteiger partial charge is 0.314 e. The third kappa shape index (κ3) is 4.97. The molecule has 1 heterocycles. The lowest BCUT2D eigenvalue weighted by Crippen LogP contribution is -2.32. The van der Waals surface area contributed by atoms with Gasteiger partial charge in [-0.1, -0.05) is 37.3 Å². The summed E-state index contributed by atoms with van der Waals surface area (Å²) in [5, 5.41) is 7.83. The zero-order valence-corrected chi connectivity index (χ0v) is 13.1. The van der Waals surface area contributed by atoms with Crippen LogP contribution in [-0.2, 0) is 19.4 Å². The smallest absolute Gasteiger partial charge is 0.138 e. The number of hydrogen-bond acceptors (Lipinski definition) is 3. The molecule has 21 heavy (non-hydrogen) atoms. The van der Waals surface area contributed by atoms with E-state index in [1.54, 1.807) is 6.33 Å². The predicted molar refractivity (Wildman–Crippen MR) is 86.2 cm³/mol. The fourth-order valence-corrected chi connectivity index (χ4v) is 2.69. The number of benzene rings is 1. The highest BCUT2D eigenvalue weighted by atomic mass is 15.3. The van der Waals surface area contributed by atoms with Gasteiger partial charge in [0.2, 0.25) is 0 Å². The van der Waals surface area contributed by atoms with E-state index in [4.69, 9.17) is 0 Å². The van der Waals surface area contributed by atoms with Gasteiger partial charge in [0.1, 0.15) is 12.2 Å². The molecule has 0 saturated carbocycles. The minimum absolute atomic E-state index is 0.480. The van der Waals surface area contributed by atoms with E-state index < -0.39 is 0 Å². The average molecular weight is 286 g/mol. The number of likely N-dealkylation sites (N-methyl/N-ethyl adjacent to an activating group) is 1. The summed E-state index contributed by atoms with van der Waals surface area (Å²) in [6.07, 6.45) is 6.12. The van der Waals surface area contributed by atoms with Gasteiger partial charge >= 0.3 is 0 Å². The van der Waals surface area contributed by atoms with E-state index in [2.05, 4.69) is 59.6 Å². The first-order chi connectivity index (χ1) is 10.3. The minimum Gasteiger partial charge on any atom is -0.314 e. The molecule has 0 fully saturated rings. The van der Waals surface area contributed by atoms with Crippen LogP contribution < -0.4 is 5.32 Å². The fourth-order valence-electron chi connectivity index (χ4n) is 2.69. The maximum Gasteiger partial charge on any atom is 0.138 e. The van der Waals surface area contributed by atoms with Gasteiger partial charge in [-0.25, -0.2) is 4.98 Å². The van der Waals surface area contributed by atoms with Gasteiger partial charge in [-0.3, -0.25) is 4.68 Å². The Morgan fingerprint density at radius 3 is 2.71 bits per heavy atom. The van der Waals surface area contributed by atoms with Crippen molar-refractivity contribution in [1.82, 2.24) is 20.1 Å². The molecule has 0 aliphatic heterocycles. The van der Waals surface area contributed by atoms with Crippen molar-refractivity contribution in [2.75, 3.05) is 6.54 Å². The normalized spacial score (nSPS) is 12.5. The van der Waals surface area contributed by atoms with Crippen LogP contribution >= 0.6 is 0 Å². The molecule has 0 aliphatic carbocycles. The van der Waals surface area contributed by atoms with Gasteiger partial charge in [-0.2, -0.15) is 5.10 Å². The molecule has 2 rings (SSSR count). The molecule has 1 unspecified atom stereocenters. The summed E-state index contributed by atoms with van der Waals surface area (Å²) >= 11 is 0. The Morgan fingerprint density at radius 1 is 1.19 bits per heavy atom. The standard InChI is InChI=1S/C17H26N4/c1-3-18-16(13-17-19-14-20-21(17)4-2)12-8-11-15-9-6-5-7-10-15/h5-7,9-10,14,16,18H,3-4,8,11-13H2,1-2H3. The number of aryl methyl sites for hydroxylation is 2. The van der Waals surface area contributed by atoms with Gasteiger partial charge in [0.05, 0.1) is 0 Å². The molecular weight excluding hydrogens is 260 g/mol. The minimum atomic E-state index is 0.480. The van der Waals surface area contributed by atoms with Crippen LogP contribution in [-0.4, -0.2) is 27.4 Å². The van der Waals surface area contributed by atoms with Crippen molar-refractivity contribution in [3.63, 3.8) is 0 Å². The highest BCUT2D eigenvalue weighted by Crippen LogP contribution is 2.10. The van der Waals surface area contributed by atoms with Gasteiger partial charge in [0.25, 0.3) is 0 Å². The maximum absolute atomic E-state index is 4.39. The van der Waals surface area contributed by atoms with Crippen LogP contribution in [0.5, 0.6) is 0 Å². The van der Waals surface area contributed by atoms with Crippen molar-refractivity contribution >= 4 is 0 Å². The van der Waals surface area contributed by atoms with Gasteiger partial charge in [-0.15, -0.1) is 0 Å². The molecule has 1 atom stereocenters. The molecular formula is C17H26N4. The third-order valence-corrected chi connectivity index (χ3v) is 3.78. The molecule has 0 aliphatic rings. The SMILES string of the molecule is CCNC(CCCc1ccccc1)Cc1ncnn1CC. The number of hydrogen-bond donors (Lipinski definition) is 1. The van der Waals surface area contributed by atoms with Crippen LogP contribution in [0.15, 0.2) is 36.7 Å². The molecule has 0 spiro atoms. The van der Waals surface area contributed by atoms with Crippen molar-refractivity contribution < 1.29 is 0 Å². The Bertz CT molecular complexity index is 507. The highest BCUT2D eigenvalue weighted by Gasteiger charge is 2.12. The van der Waals surface area contributed by atoms with E-state index in [1.165, 1.54) is 18.4 Å². The van der Waals surface area contributed by atoms with Crippen LogP contribution in [0.4, 0.5) is 0 Å². The molecule has 0 radical (unpaired) electrons. The Kier molecular flexibility index (Phi) is 6.41. The Hall–Kier alpha value is -1.68. The van der Waals surface area contributed by atoms with Crippen molar-refractivity contribution in [3.8, 4) is 0 Å². The zero-order valence-electron chi connectivity index (χ0n) is 13.1. The van der Waals surface area contributed by atoms with E-state index in [-0.39, 0.29) is 0 Å². The van der Waals surface area contributed by atoms with E-state index >= 15 is 0 Å². The number of nitrogens with zero attached hydrogens (tertiary/aromatic N) is 3. The summed E-state index contributed by atoms with van der Waals surface area (Å²) in [6, 6.07) is 11.2. The first-order valence-corrected chi connectivity index (χ1v) is 7.97. The van der Waals surface area contributed by atoms with Crippen LogP contribution in [0.25, 0.3) is 0 Å². The summed E-state index contributed by atoms with van der Waals surface area (Å²) in [4.78, 5) is 4.39. The molecule has 0 saturated heterocycles. The Morgan fingerprint density at radius 2 is 2.00 bits per heavy atom. The van der Waals surface area contributed by atoms with Crippen LogP contribution in [0.2, 0.25) is 0 Å². The van der Waals surface area contributed by atoms with Crippen LogP contribution in [0, 0.1) is 0 Å². The van der Waals surface area contributed by atoms with E-state index in [1.807, 2.05) is 4.68 Å². The molecule has 0 amide bonds. The summed E-state index contributed by atoms with van der Waals surface area (Å²) in [5.41, 5.74) is 1.42. The molecule has 1 aromatic heterocycles. The van der Waals surface area contributed by atoms with Gasteiger partial charge < -0.3 is 5.32 Å². The van der Waals surface area contributed by atoms with Crippen molar-refractivity contribution in [2.45, 2.75) is 52.1 Å². The molecule has 4 heteroatoms. The van der Waals surface area contributed by atoms with Crippen molar-refractivity contribution in [2.24, 2.45) is 0 Å².